The topological polar surface area (TPSA) is 18.5 Å². The molecule has 1 aromatic rings. The molecule has 1 aliphatic rings. The van der Waals surface area contributed by atoms with Crippen molar-refractivity contribution in [3.05, 3.63) is 29.6 Å². The van der Waals surface area contributed by atoms with Crippen molar-refractivity contribution in [1.82, 2.24) is 0 Å². The summed E-state index contributed by atoms with van der Waals surface area (Å²) in [5.74, 6) is 7.09. The second-order valence-electron chi connectivity index (χ2n) is 4.46. The van der Waals surface area contributed by atoms with Crippen LogP contribution in [0, 0.1) is 23.6 Å². The van der Waals surface area contributed by atoms with E-state index in [4.69, 9.17) is 21.1 Å². The molecular formula is C15H16ClFO2. The molecule has 4 heteroatoms. The van der Waals surface area contributed by atoms with Crippen LogP contribution in [-0.2, 0) is 4.74 Å². The monoisotopic (exact) mass is 282 g/mol. The average molecular weight is 283 g/mol. The third kappa shape index (κ3) is 5.10. The fraction of sp³-hybridized carbons (Fsp3) is 0.467. The molecule has 0 heterocycles. The van der Waals surface area contributed by atoms with Crippen LogP contribution in [-0.4, -0.2) is 19.3 Å². The molecule has 1 aromatic carbocycles. The SMILES string of the molecule is Fc1ccc(OCOCC2CC2)c(C#CCCCl)c1. The van der Waals surface area contributed by atoms with Crippen LogP contribution in [0.3, 0.4) is 0 Å². The van der Waals surface area contributed by atoms with E-state index >= 15 is 0 Å². The predicted octanol–water partition coefficient (Wildman–Crippen LogP) is 3.57. The Bertz CT molecular complexity index is 475. The first-order valence-corrected chi connectivity index (χ1v) is 6.88. The third-order valence-electron chi connectivity index (χ3n) is 2.73. The van der Waals surface area contributed by atoms with E-state index in [1.54, 1.807) is 6.07 Å². The van der Waals surface area contributed by atoms with Crippen LogP contribution < -0.4 is 4.74 Å². The van der Waals surface area contributed by atoms with Gasteiger partial charge in [0.1, 0.15) is 11.6 Å². The normalized spacial score (nSPS) is 13.8. The highest BCUT2D eigenvalue weighted by atomic mass is 35.5. The molecule has 102 valence electrons. The summed E-state index contributed by atoms with van der Waals surface area (Å²) in [4.78, 5) is 0. The number of hydrogen-bond acceptors (Lipinski definition) is 2. The van der Waals surface area contributed by atoms with E-state index in [9.17, 15) is 4.39 Å². The van der Waals surface area contributed by atoms with Crippen molar-refractivity contribution in [3.63, 3.8) is 0 Å². The summed E-state index contributed by atoms with van der Waals surface area (Å²) in [5, 5.41) is 0. The Morgan fingerprint density at radius 2 is 2.21 bits per heavy atom. The van der Waals surface area contributed by atoms with Crippen LogP contribution in [0.2, 0.25) is 0 Å². The molecule has 0 spiro atoms. The molecule has 0 amide bonds. The van der Waals surface area contributed by atoms with Gasteiger partial charge in [-0.2, -0.15) is 0 Å². The number of halogens is 2. The maximum absolute atomic E-state index is 13.2. The van der Waals surface area contributed by atoms with Gasteiger partial charge in [-0.25, -0.2) is 4.39 Å². The molecule has 0 atom stereocenters. The van der Waals surface area contributed by atoms with Gasteiger partial charge in [-0.05, 0) is 37.0 Å². The summed E-state index contributed by atoms with van der Waals surface area (Å²) in [5.41, 5.74) is 0.528. The van der Waals surface area contributed by atoms with E-state index in [2.05, 4.69) is 11.8 Å². The van der Waals surface area contributed by atoms with Gasteiger partial charge < -0.3 is 9.47 Å². The maximum Gasteiger partial charge on any atom is 0.189 e. The van der Waals surface area contributed by atoms with E-state index in [-0.39, 0.29) is 12.6 Å². The van der Waals surface area contributed by atoms with Crippen LogP contribution in [0.1, 0.15) is 24.8 Å². The summed E-state index contributed by atoms with van der Waals surface area (Å²) in [6.07, 6.45) is 3.05. The highest BCUT2D eigenvalue weighted by Crippen LogP contribution is 2.28. The Kier molecular flexibility index (Phi) is 5.50. The predicted molar refractivity (Wildman–Crippen MR) is 72.8 cm³/mol. The quantitative estimate of drug-likeness (QED) is 0.344. The second kappa shape index (κ2) is 7.37. The minimum atomic E-state index is -0.332. The molecular weight excluding hydrogens is 267 g/mol. The first kappa shape index (κ1) is 14.2. The Morgan fingerprint density at radius 3 is 2.95 bits per heavy atom. The summed E-state index contributed by atoms with van der Waals surface area (Å²) in [7, 11) is 0. The van der Waals surface area contributed by atoms with Gasteiger partial charge >= 0.3 is 0 Å². The van der Waals surface area contributed by atoms with Gasteiger partial charge in [0.15, 0.2) is 6.79 Å². The molecule has 1 saturated carbocycles. The molecule has 0 N–H and O–H groups in total. The van der Waals surface area contributed by atoms with Gasteiger partial charge in [-0.3, -0.25) is 0 Å². The van der Waals surface area contributed by atoms with Crippen LogP contribution in [0.15, 0.2) is 18.2 Å². The zero-order valence-corrected chi connectivity index (χ0v) is 11.4. The maximum atomic E-state index is 13.2. The molecule has 0 saturated heterocycles. The number of ether oxygens (including phenoxy) is 2. The summed E-state index contributed by atoms with van der Waals surface area (Å²) in [6.45, 7) is 0.904. The molecule has 2 nitrogen and oxygen atoms in total. The first-order chi connectivity index (χ1) is 9.29. The lowest BCUT2D eigenvalue weighted by Gasteiger charge is -2.08. The number of alkyl halides is 1. The molecule has 0 bridgehead atoms. The largest absolute Gasteiger partial charge is 0.466 e. The van der Waals surface area contributed by atoms with E-state index in [0.717, 1.165) is 6.61 Å². The smallest absolute Gasteiger partial charge is 0.189 e. The van der Waals surface area contributed by atoms with E-state index in [1.165, 1.54) is 25.0 Å². The lowest BCUT2D eigenvalue weighted by Crippen LogP contribution is -2.06. The Labute approximate surface area is 117 Å². The zero-order chi connectivity index (χ0) is 13.5. The molecule has 0 unspecified atom stereocenters. The van der Waals surface area contributed by atoms with Gasteiger partial charge in [-0.1, -0.05) is 11.8 Å². The van der Waals surface area contributed by atoms with Gasteiger partial charge in [-0.15, -0.1) is 11.6 Å². The van der Waals surface area contributed by atoms with Crippen molar-refractivity contribution in [1.29, 1.82) is 0 Å². The fourth-order valence-electron chi connectivity index (χ4n) is 1.54. The molecule has 0 radical (unpaired) electrons. The van der Waals surface area contributed by atoms with Crippen LogP contribution in [0.5, 0.6) is 5.75 Å². The van der Waals surface area contributed by atoms with Gasteiger partial charge in [0, 0.05) is 12.3 Å². The number of rotatable bonds is 6. The molecule has 0 aromatic heterocycles. The Hall–Kier alpha value is -1.24. The molecule has 19 heavy (non-hydrogen) atoms. The zero-order valence-electron chi connectivity index (χ0n) is 10.6. The van der Waals surface area contributed by atoms with Crippen LogP contribution >= 0.6 is 11.6 Å². The standard InChI is InChI=1S/C15H16ClFO2/c16-8-2-1-3-13-9-14(17)6-7-15(13)19-11-18-10-12-4-5-12/h6-7,9,12H,2,4-5,8,10-11H2. The Morgan fingerprint density at radius 1 is 1.37 bits per heavy atom. The molecule has 1 aliphatic carbocycles. The minimum absolute atomic E-state index is 0.173. The fourth-order valence-corrected chi connectivity index (χ4v) is 1.63. The van der Waals surface area contributed by atoms with Crippen molar-refractivity contribution >= 4 is 11.6 Å². The lowest BCUT2D eigenvalue weighted by molar-refractivity contribution is 0.00979. The number of hydrogen-bond donors (Lipinski definition) is 0. The van der Waals surface area contributed by atoms with Gasteiger partial charge in [0.2, 0.25) is 0 Å². The summed E-state index contributed by atoms with van der Waals surface area (Å²) < 4.78 is 24.0. The van der Waals surface area contributed by atoms with E-state index in [0.29, 0.717) is 29.5 Å². The lowest BCUT2D eigenvalue weighted by atomic mass is 10.2. The van der Waals surface area contributed by atoms with Crippen LogP contribution in [0.25, 0.3) is 0 Å². The molecule has 0 aliphatic heterocycles. The third-order valence-corrected chi connectivity index (χ3v) is 2.92. The van der Waals surface area contributed by atoms with Gasteiger partial charge in [0.05, 0.1) is 12.2 Å². The summed E-state index contributed by atoms with van der Waals surface area (Å²) >= 11 is 5.55. The van der Waals surface area contributed by atoms with Crippen molar-refractivity contribution < 1.29 is 13.9 Å². The highest BCUT2D eigenvalue weighted by molar-refractivity contribution is 6.18. The van der Waals surface area contributed by atoms with Crippen molar-refractivity contribution in [3.8, 4) is 17.6 Å². The van der Waals surface area contributed by atoms with Crippen LogP contribution in [0.4, 0.5) is 4.39 Å². The van der Waals surface area contributed by atoms with Gasteiger partial charge in [0.25, 0.3) is 0 Å². The van der Waals surface area contributed by atoms with E-state index < -0.39 is 0 Å². The average Bonchev–Trinajstić information content (AvgIpc) is 3.21. The van der Waals surface area contributed by atoms with Crippen molar-refractivity contribution in [2.75, 3.05) is 19.3 Å². The van der Waals surface area contributed by atoms with E-state index in [1.807, 2.05) is 0 Å². The van der Waals surface area contributed by atoms with Crippen molar-refractivity contribution in [2.45, 2.75) is 19.3 Å². The minimum Gasteiger partial charge on any atom is -0.466 e. The van der Waals surface area contributed by atoms with Crippen molar-refractivity contribution in [2.24, 2.45) is 5.92 Å². The molecule has 2 rings (SSSR count). The number of benzene rings is 1. The second-order valence-corrected chi connectivity index (χ2v) is 4.84. The molecule has 1 fully saturated rings. The summed E-state index contributed by atoms with van der Waals surface area (Å²) in [6, 6.07) is 4.28. The highest BCUT2D eigenvalue weighted by Gasteiger charge is 2.21. The Balaban J connectivity index is 1.91. The first-order valence-electron chi connectivity index (χ1n) is 6.34.